The molecule has 0 saturated heterocycles. The average molecular weight is 368 g/mol. The summed E-state index contributed by atoms with van der Waals surface area (Å²) in [5, 5.41) is 0. The summed E-state index contributed by atoms with van der Waals surface area (Å²) in [6.07, 6.45) is 13.2. The normalized spacial score (nSPS) is 7.14. The van der Waals surface area contributed by atoms with Gasteiger partial charge in [0.1, 0.15) is 0 Å². The molecule has 0 bridgehead atoms. The Morgan fingerprint density at radius 2 is 0.810 bits per heavy atom. The third-order valence-electron chi connectivity index (χ3n) is 2.48. The first-order valence-corrected chi connectivity index (χ1v) is 8.58. The van der Waals surface area contributed by atoms with Crippen LogP contribution in [-0.2, 0) is 30.7 Å². The summed E-state index contributed by atoms with van der Waals surface area (Å²) in [4.78, 5) is 0. The van der Waals surface area contributed by atoms with E-state index in [9.17, 15) is 0 Å². The fourth-order valence-electron chi connectivity index (χ4n) is 1.48. The number of unbranched alkanes of at least 4 members (excludes halogenated alkanes) is 3. The predicted molar refractivity (Wildman–Crippen MR) is 78.0 cm³/mol. The zero-order valence-corrected chi connectivity index (χ0v) is 17.8. The van der Waals surface area contributed by atoms with Crippen LogP contribution in [0.4, 0.5) is 0 Å². The minimum atomic E-state index is 0. The molecule has 0 aliphatic heterocycles. The summed E-state index contributed by atoms with van der Waals surface area (Å²) in [7, 11) is 0.422. The van der Waals surface area contributed by atoms with E-state index in [2.05, 4.69) is 40.7 Å². The minimum absolute atomic E-state index is 0. The Bertz CT molecular complexity index is 166. The van der Waals surface area contributed by atoms with Gasteiger partial charge in [-0.2, -0.15) is 0 Å². The van der Waals surface area contributed by atoms with Crippen LogP contribution in [-0.4, -0.2) is 18.5 Å². The van der Waals surface area contributed by atoms with Crippen LogP contribution in [0.1, 0.15) is 59.3 Å². The molecule has 0 atom stereocenters. The van der Waals surface area contributed by atoms with E-state index in [1.54, 1.807) is 18.5 Å². The molecule has 0 amide bonds. The Kier molecular flexibility index (Phi) is 89.8. The maximum atomic E-state index is 7.50. The molecular formula is C15H27CoNaO3P+. The third kappa shape index (κ3) is 44.9. The van der Waals surface area contributed by atoms with Crippen LogP contribution in [0.2, 0.25) is 0 Å². The van der Waals surface area contributed by atoms with Gasteiger partial charge in [0.15, 0.2) is 0 Å². The van der Waals surface area contributed by atoms with Gasteiger partial charge < -0.3 is 0 Å². The van der Waals surface area contributed by atoms with Crippen LogP contribution in [0.3, 0.4) is 0 Å². The Balaban J connectivity index is -0.0000000622. The van der Waals surface area contributed by atoms with Gasteiger partial charge in [0.05, 0.1) is 0 Å². The maximum Gasteiger partial charge on any atom is 1.00 e. The molecule has 0 fully saturated rings. The van der Waals surface area contributed by atoms with Gasteiger partial charge in [-0.05, 0) is 37.7 Å². The molecule has 0 unspecified atom stereocenters. The van der Waals surface area contributed by atoms with Crippen LogP contribution >= 0.6 is 7.92 Å². The van der Waals surface area contributed by atoms with Gasteiger partial charge in [-0.3, -0.25) is 0 Å². The van der Waals surface area contributed by atoms with E-state index in [0.29, 0.717) is 7.92 Å². The molecule has 0 aromatic rings. The summed E-state index contributed by atoms with van der Waals surface area (Å²) in [5.74, 6) is 0. The zero-order chi connectivity index (χ0) is 15.9. The third-order valence-corrected chi connectivity index (χ3v) is 5.33. The van der Waals surface area contributed by atoms with Crippen LogP contribution in [0.25, 0.3) is 0 Å². The molecule has 0 aromatic carbocycles. The molecular weight excluding hydrogens is 341 g/mol. The van der Waals surface area contributed by atoms with Crippen molar-refractivity contribution in [3.8, 4) is 0 Å². The molecule has 0 aromatic heterocycles. The summed E-state index contributed by atoms with van der Waals surface area (Å²) in [6.45, 7) is 20.4. The fraction of sp³-hybridized carbons (Fsp3) is 0.800. The molecule has 0 aliphatic carbocycles. The Hall–Kier alpha value is 1.16. The summed E-state index contributed by atoms with van der Waals surface area (Å²) in [6, 6.07) is 0. The van der Waals surface area contributed by atoms with Crippen molar-refractivity contribution in [2.45, 2.75) is 59.3 Å². The van der Waals surface area contributed by atoms with Crippen LogP contribution in [0.5, 0.6) is 0 Å². The minimum Gasteiger partial charge on any atom is 0 e. The van der Waals surface area contributed by atoms with E-state index < -0.39 is 0 Å². The van der Waals surface area contributed by atoms with Gasteiger partial charge in [-0.15, -0.1) is 7.92 Å². The number of hydrogen-bond donors (Lipinski definition) is 0. The van der Waals surface area contributed by atoms with Crippen molar-refractivity contribution in [1.29, 1.82) is 0 Å². The second-order valence-corrected chi connectivity index (χ2v) is 6.59. The predicted octanol–water partition coefficient (Wildman–Crippen LogP) is 1.76. The second-order valence-electron chi connectivity index (χ2n) is 3.90. The van der Waals surface area contributed by atoms with E-state index in [1.807, 2.05) is 0 Å². The van der Waals surface area contributed by atoms with E-state index in [1.165, 1.54) is 38.5 Å². The molecule has 119 valence electrons. The standard InChI is InChI=1S/C12H27P.3CO.Co.Na/c1-4-7-10-13(11-8-5-2)12-9-6-3;3*1-2;;/h4-12H2,1-3H3;;;;;/q;;;;;+1. The number of hydrogen-bond acceptors (Lipinski definition) is 0. The molecule has 6 heteroatoms. The largest absolute Gasteiger partial charge is 1.00 e. The maximum absolute atomic E-state index is 7.50. The molecule has 1 radical (unpaired) electrons. The van der Waals surface area contributed by atoms with E-state index >= 15 is 0 Å². The van der Waals surface area contributed by atoms with Gasteiger partial charge in [0.25, 0.3) is 0 Å². The first-order chi connectivity index (χ1) is 9.35. The van der Waals surface area contributed by atoms with Crippen LogP contribution in [0, 0.1) is 20.0 Å². The van der Waals surface area contributed by atoms with Crippen molar-refractivity contribution in [3.63, 3.8) is 0 Å². The van der Waals surface area contributed by atoms with Crippen molar-refractivity contribution in [2.24, 2.45) is 0 Å². The Morgan fingerprint density at radius 3 is 0.952 bits per heavy atom. The molecule has 0 spiro atoms. The number of rotatable bonds is 9. The van der Waals surface area contributed by atoms with Gasteiger partial charge in [-0.25, -0.2) is 0 Å². The average Bonchev–Trinajstić information content (AvgIpc) is 2.52. The van der Waals surface area contributed by atoms with Crippen LogP contribution in [0.15, 0.2) is 0 Å². The SMILES string of the molecule is CCCCP(CCCC)CCCC.[C-]#[O+].[C-]#[O+].[C-]#[O+].[Co].[Na+]. The fourth-order valence-corrected chi connectivity index (χ4v) is 4.44. The van der Waals surface area contributed by atoms with E-state index in [-0.39, 0.29) is 46.3 Å². The smallest absolute Gasteiger partial charge is 0 e. The van der Waals surface area contributed by atoms with Crippen molar-refractivity contribution in [2.75, 3.05) is 18.5 Å². The van der Waals surface area contributed by atoms with Crippen molar-refractivity contribution < 1.29 is 60.3 Å². The molecule has 21 heavy (non-hydrogen) atoms. The van der Waals surface area contributed by atoms with Gasteiger partial charge in [-0.1, -0.05) is 40.0 Å². The molecule has 0 aliphatic rings. The van der Waals surface area contributed by atoms with Crippen molar-refractivity contribution in [1.82, 2.24) is 0 Å². The quantitative estimate of drug-likeness (QED) is 0.258. The van der Waals surface area contributed by atoms with E-state index in [0.717, 1.165) is 0 Å². The van der Waals surface area contributed by atoms with Gasteiger partial charge in [0.2, 0.25) is 0 Å². The second kappa shape index (κ2) is 49.7. The van der Waals surface area contributed by atoms with E-state index in [4.69, 9.17) is 14.0 Å². The Morgan fingerprint density at radius 1 is 0.619 bits per heavy atom. The van der Waals surface area contributed by atoms with Gasteiger partial charge >= 0.3 is 63.5 Å². The summed E-state index contributed by atoms with van der Waals surface area (Å²) < 4.78 is 22.5. The van der Waals surface area contributed by atoms with Crippen LogP contribution < -0.4 is 29.6 Å². The monoisotopic (exact) mass is 368 g/mol. The first-order valence-electron chi connectivity index (χ1n) is 6.68. The molecule has 0 N–H and O–H groups in total. The molecule has 3 nitrogen and oxygen atoms in total. The van der Waals surface area contributed by atoms with Crippen molar-refractivity contribution >= 4 is 7.92 Å². The topological polar surface area (TPSA) is 59.7 Å². The molecule has 0 saturated carbocycles. The van der Waals surface area contributed by atoms with Crippen molar-refractivity contribution in [3.05, 3.63) is 20.0 Å². The zero-order valence-electron chi connectivity index (χ0n) is 13.9. The Labute approximate surface area is 165 Å². The van der Waals surface area contributed by atoms with Gasteiger partial charge in [0, 0.05) is 16.8 Å². The molecule has 0 heterocycles. The summed E-state index contributed by atoms with van der Waals surface area (Å²) in [5.41, 5.74) is 0. The first kappa shape index (κ1) is 38.0. The molecule has 0 rings (SSSR count). The summed E-state index contributed by atoms with van der Waals surface area (Å²) >= 11 is 0.